The molecule has 0 fully saturated rings. The lowest BCUT2D eigenvalue weighted by atomic mass is 9.85. The highest BCUT2D eigenvalue weighted by molar-refractivity contribution is 5.94. The molecule has 0 aliphatic heterocycles. The van der Waals surface area contributed by atoms with Gasteiger partial charge in [-0.15, -0.1) is 0 Å². The van der Waals surface area contributed by atoms with E-state index in [0.717, 1.165) is 11.1 Å². The standard InChI is InChI=1S/C30H32N2O4/c1-29(2,3)23-11-19(27(35)21(13-23)17-33)15-31-25-9-7-8-10-26(25)32-16-20-12-24(30(4,5)6)14-22(18-34)28(20)36/h7-18,35-36H,1-6H3. The van der Waals surface area contributed by atoms with Crippen LogP contribution in [0.5, 0.6) is 11.5 Å². The van der Waals surface area contributed by atoms with Crippen molar-refractivity contribution in [3.05, 3.63) is 81.9 Å². The van der Waals surface area contributed by atoms with Crippen LogP contribution in [0.25, 0.3) is 0 Å². The van der Waals surface area contributed by atoms with Gasteiger partial charge in [-0.25, -0.2) is 0 Å². The molecule has 0 amide bonds. The third-order valence-electron chi connectivity index (χ3n) is 5.89. The Balaban J connectivity index is 2.03. The first-order chi connectivity index (χ1) is 16.8. The molecule has 0 aromatic heterocycles. The van der Waals surface area contributed by atoms with Crippen LogP contribution in [0.4, 0.5) is 11.4 Å². The number of hydrogen-bond acceptors (Lipinski definition) is 6. The summed E-state index contributed by atoms with van der Waals surface area (Å²) in [5.74, 6) is -0.263. The average Bonchev–Trinajstić information content (AvgIpc) is 2.81. The Labute approximate surface area is 212 Å². The van der Waals surface area contributed by atoms with Crippen molar-refractivity contribution in [3.63, 3.8) is 0 Å². The maximum atomic E-state index is 11.5. The third kappa shape index (κ3) is 5.95. The van der Waals surface area contributed by atoms with Gasteiger partial charge < -0.3 is 10.2 Å². The number of hydrogen-bond donors (Lipinski definition) is 2. The SMILES string of the molecule is CC(C)(C)c1cc(C=O)c(O)c(C=Nc2ccccc2N=Cc2cc(C(C)(C)C)cc(C=O)c2O)c1. The monoisotopic (exact) mass is 484 g/mol. The van der Waals surface area contributed by atoms with E-state index in [1.165, 1.54) is 12.4 Å². The van der Waals surface area contributed by atoms with Crippen LogP contribution in [0.1, 0.15) is 84.5 Å². The number of nitrogens with zero attached hydrogens (tertiary/aromatic N) is 2. The molecule has 3 rings (SSSR count). The minimum Gasteiger partial charge on any atom is -0.507 e. The normalized spacial score (nSPS) is 12.4. The third-order valence-corrected chi connectivity index (χ3v) is 5.89. The Morgan fingerprint density at radius 2 is 0.944 bits per heavy atom. The van der Waals surface area contributed by atoms with Gasteiger partial charge in [-0.3, -0.25) is 19.6 Å². The Morgan fingerprint density at radius 1 is 0.611 bits per heavy atom. The first kappa shape index (κ1) is 26.5. The molecular weight excluding hydrogens is 452 g/mol. The van der Waals surface area contributed by atoms with Gasteiger partial charge in [0.2, 0.25) is 0 Å². The van der Waals surface area contributed by atoms with Crippen molar-refractivity contribution in [2.45, 2.75) is 52.4 Å². The summed E-state index contributed by atoms with van der Waals surface area (Å²) in [5.41, 5.74) is 3.67. The number of phenols is 2. The quantitative estimate of drug-likeness (QED) is 0.296. The summed E-state index contributed by atoms with van der Waals surface area (Å²) in [6, 6.07) is 14.2. The van der Waals surface area contributed by atoms with Crippen LogP contribution in [0.2, 0.25) is 0 Å². The number of carbonyl (C=O) groups excluding carboxylic acids is 2. The molecule has 3 aromatic rings. The Morgan fingerprint density at radius 3 is 1.25 bits per heavy atom. The summed E-state index contributed by atoms with van der Waals surface area (Å²) in [4.78, 5) is 32.1. The molecule has 2 N–H and O–H groups in total. The van der Waals surface area contributed by atoms with Crippen molar-refractivity contribution in [2.24, 2.45) is 9.98 Å². The molecule has 0 spiro atoms. The minimum absolute atomic E-state index is 0.131. The Kier molecular flexibility index (Phi) is 7.58. The zero-order valence-electron chi connectivity index (χ0n) is 21.5. The zero-order valence-corrected chi connectivity index (χ0v) is 21.5. The van der Waals surface area contributed by atoms with Crippen molar-refractivity contribution in [1.29, 1.82) is 0 Å². The van der Waals surface area contributed by atoms with Crippen molar-refractivity contribution in [1.82, 2.24) is 0 Å². The molecule has 0 aliphatic rings. The molecule has 0 heterocycles. The maximum Gasteiger partial charge on any atom is 0.153 e. The lowest BCUT2D eigenvalue weighted by Crippen LogP contribution is -2.12. The van der Waals surface area contributed by atoms with Crippen LogP contribution in [-0.2, 0) is 10.8 Å². The van der Waals surface area contributed by atoms with Gasteiger partial charge in [-0.1, -0.05) is 53.7 Å². The molecule has 6 heteroatoms. The second-order valence-electron chi connectivity index (χ2n) is 10.7. The highest BCUT2D eigenvalue weighted by Gasteiger charge is 2.19. The van der Waals surface area contributed by atoms with Crippen LogP contribution >= 0.6 is 0 Å². The molecule has 0 bridgehead atoms. The molecule has 0 saturated carbocycles. The Hall–Kier alpha value is -4.06. The summed E-state index contributed by atoms with van der Waals surface area (Å²) in [7, 11) is 0. The number of para-hydroxylation sites is 2. The molecule has 0 saturated heterocycles. The van der Waals surface area contributed by atoms with E-state index in [1.807, 2.05) is 65.8 Å². The molecule has 36 heavy (non-hydrogen) atoms. The van der Waals surface area contributed by atoms with Gasteiger partial charge in [0.05, 0.1) is 22.5 Å². The summed E-state index contributed by atoms with van der Waals surface area (Å²) in [6.45, 7) is 12.2. The zero-order chi connectivity index (χ0) is 26.7. The topological polar surface area (TPSA) is 99.3 Å². The van der Waals surface area contributed by atoms with E-state index < -0.39 is 0 Å². The highest BCUT2D eigenvalue weighted by Crippen LogP contribution is 2.33. The van der Waals surface area contributed by atoms with E-state index in [9.17, 15) is 19.8 Å². The smallest absolute Gasteiger partial charge is 0.153 e. The van der Waals surface area contributed by atoms with E-state index in [4.69, 9.17) is 0 Å². The van der Waals surface area contributed by atoms with Gasteiger partial charge in [-0.05, 0) is 58.4 Å². The van der Waals surface area contributed by atoms with Gasteiger partial charge in [0.1, 0.15) is 11.5 Å². The number of phenolic OH excluding ortho intramolecular Hbond substituents is 2. The molecule has 6 nitrogen and oxygen atoms in total. The van der Waals surface area contributed by atoms with Gasteiger partial charge >= 0.3 is 0 Å². The number of rotatable bonds is 6. The fourth-order valence-electron chi connectivity index (χ4n) is 3.56. The second kappa shape index (κ2) is 10.3. The predicted molar refractivity (Wildman–Crippen MR) is 145 cm³/mol. The van der Waals surface area contributed by atoms with E-state index in [0.29, 0.717) is 35.1 Å². The lowest BCUT2D eigenvalue weighted by Gasteiger charge is -2.20. The van der Waals surface area contributed by atoms with Crippen molar-refractivity contribution >= 4 is 36.4 Å². The summed E-state index contributed by atoms with van der Waals surface area (Å²) >= 11 is 0. The van der Waals surface area contributed by atoms with Crippen molar-refractivity contribution < 1.29 is 19.8 Å². The number of benzene rings is 3. The molecule has 0 atom stereocenters. The first-order valence-electron chi connectivity index (χ1n) is 11.7. The second-order valence-corrected chi connectivity index (χ2v) is 10.7. The molecule has 0 aliphatic carbocycles. The van der Waals surface area contributed by atoms with Gasteiger partial charge in [0.25, 0.3) is 0 Å². The number of aliphatic imine (C=N–C) groups is 2. The predicted octanol–water partition coefficient (Wildman–Crippen LogP) is 6.82. The van der Waals surface area contributed by atoms with Crippen molar-refractivity contribution in [2.75, 3.05) is 0 Å². The Bertz CT molecular complexity index is 1250. The largest absolute Gasteiger partial charge is 0.507 e. The van der Waals surface area contributed by atoms with E-state index in [1.54, 1.807) is 24.3 Å². The number of carbonyl (C=O) groups is 2. The number of aldehydes is 2. The van der Waals surface area contributed by atoms with Crippen LogP contribution in [0.15, 0.2) is 58.5 Å². The van der Waals surface area contributed by atoms with Gasteiger partial charge in [0, 0.05) is 23.6 Å². The molecule has 186 valence electrons. The average molecular weight is 485 g/mol. The van der Waals surface area contributed by atoms with Gasteiger partial charge in [-0.2, -0.15) is 0 Å². The number of aromatic hydroxyl groups is 2. The van der Waals surface area contributed by atoms with Gasteiger partial charge in [0.15, 0.2) is 12.6 Å². The van der Waals surface area contributed by atoms with Crippen LogP contribution in [-0.4, -0.2) is 35.2 Å². The van der Waals surface area contributed by atoms with Crippen molar-refractivity contribution in [3.8, 4) is 11.5 Å². The molecule has 0 unspecified atom stereocenters. The molecule has 0 radical (unpaired) electrons. The van der Waals surface area contributed by atoms with E-state index in [-0.39, 0.29) is 33.5 Å². The first-order valence-corrected chi connectivity index (χ1v) is 11.7. The molecule has 3 aromatic carbocycles. The maximum absolute atomic E-state index is 11.5. The highest BCUT2D eigenvalue weighted by atomic mass is 16.3. The lowest BCUT2D eigenvalue weighted by molar-refractivity contribution is 0.111. The minimum atomic E-state index is -0.222. The van der Waals surface area contributed by atoms with Crippen LogP contribution in [0, 0.1) is 0 Å². The summed E-state index contributed by atoms with van der Waals surface area (Å²) in [5, 5.41) is 21.1. The van der Waals surface area contributed by atoms with E-state index in [2.05, 4.69) is 9.98 Å². The molecular formula is C30H32N2O4. The fraction of sp³-hybridized carbons (Fsp3) is 0.267. The van der Waals surface area contributed by atoms with Crippen LogP contribution in [0.3, 0.4) is 0 Å². The summed E-state index contributed by atoms with van der Waals surface area (Å²) < 4.78 is 0. The van der Waals surface area contributed by atoms with E-state index >= 15 is 0 Å². The summed E-state index contributed by atoms with van der Waals surface area (Å²) in [6.07, 6.45) is 4.28. The van der Waals surface area contributed by atoms with Crippen LogP contribution < -0.4 is 0 Å². The fourth-order valence-corrected chi connectivity index (χ4v) is 3.56.